The van der Waals surface area contributed by atoms with Crippen LogP contribution < -0.4 is 10.1 Å². The van der Waals surface area contributed by atoms with Gasteiger partial charge in [-0.25, -0.2) is 13.2 Å². The second-order valence-electron chi connectivity index (χ2n) is 11.5. The zero-order valence-electron chi connectivity index (χ0n) is 32.6. The fraction of sp³-hybridized carbons (Fsp3) is 0.750. The van der Waals surface area contributed by atoms with Gasteiger partial charge in [0.25, 0.3) is 0 Å². The summed E-state index contributed by atoms with van der Waals surface area (Å²) >= 11 is 0. The summed E-state index contributed by atoms with van der Waals surface area (Å²) in [5, 5.41) is 11.2. The molecule has 1 aromatic carbocycles. The lowest BCUT2D eigenvalue weighted by molar-refractivity contribution is -0.139. The zero-order chi connectivity index (χ0) is 42.5. The predicted octanol–water partition coefficient (Wildman–Crippen LogP) is 2.23. The van der Waals surface area contributed by atoms with Crippen molar-refractivity contribution in [3.63, 3.8) is 0 Å². The molecule has 1 amide bonds. The molecule has 0 unspecified atom stereocenters. The van der Waals surface area contributed by atoms with Gasteiger partial charge in [0.2, 0.25) is 40.7 Å². The molecule has 1 aromatic rings. The molecule has 2 N–H and O–H groups in total. The molecule has 0 saturated carbocycles. The Balaban J connectivity index is 1.71. The molecule has 58 heavy (non-hydrogen) atoms. The van der Waals surface area contributed by atoms with Gasteiger partial charge >= 0.3 is 11.9 Å². The molecule has 17 nitrogen and oxygen atoms in total. The highest BCUT2D eigenvalue weighted by Gasteiger charge is 2.28. The van der Waals surface area contributed by atoms with E-state index >= 15 is 0 Å². The number of ether oxygens (including phenoxy) is 12. The summed E-state index contributed by atoms with van der Waals surface area (Å²) in [7, 11) is 0. The Morgan fingerprint density at radius 3 is 1.02 bits per heavy atom. The second kappa shape index (κ2) is 36.9. The normalized spacial score (nSPS) is 11.3. The molecule has 336 valence electrons. The van der Waals surface area contributed by atoms with Crippen molar-refractivity contribution in [2.24, 2.45) is 0 Å². The molecule has 0 heterocycles. The molecule has 0 radical (unpaired) electrons. The van der Waals surface area contributed by atoms with Crippen molar-refractivity contribution >= 4 is 17.8 Å². The molecule has 0 aromatic heterocycles. The highest BCUT2D eigenvalue weighted by molar-refractivity contribution is 5.80. The largest absolute Gasteiger partial charge is 0.481 e. The van der Waals surface area contributed by atoms with Crippen molar-refractivity contribution < 1.29 is 98.3 Å². The van der Waals surface area contributed by atoms with Gasteiger partial charge in [-0.1, -0.05) is 0 Å². The molecular formula is C36H56F5NO16. The summed E-state index contributed by atoms with van der Waals surface area (Å²) in [5.74, 6) is -15.5. The van der Waals surface area contributed by atoms with Crippen molar-refractivity contribution in [3.8, 4) is 5.75 Å². The quantitative estimate of drug-likeness (QED) is 0.0243. The fourth-order valence-corrected chi connectivity index (χ4v) is 4.01. The summed E-state index contributed by atoms with van der Waals surface area (Å²) in [6.45, 7) is 8.05. The first kappa shape index (κ1) is 52.9. The SMILES string of the molecule is O=C(O)CCC(=O)NCCCOCCOCCOCCOCCOCCOCCOCCOCCOCCOCCOCCC(=O)Oc1c(F)c(F)c(F)c(F)c1F. The summed E-state index contributed by atoms with van der Waals surface area (Å²) in [4.78, 5) is 33.4. The Morgan fingerprint density at radius 1 is 0.397 bits per heavy atom. The van der Waals surface area contributed by atoms with Crippen LogP contribution in [0.2, 0.25) is 0 Å². The average molecular weight is 854 g/mol. The highest BCUT2D eigenvalue weighted by atomic mass is 19.2. The number of rotatable bonds is 41. The number of halogens is 5. The lowest BCUT2D eigenvalue weighted by atomic mass is 10.2. The van der Waals surface area contributed by atoms with E-state index in [1.807, 2.05) is 0 Å². The number of benzene rings is 1. The zero-order valence-corrected chi connectivity index (χ0v) is 32.6. The minimum atomic E-state index is -2.35. The van der Waals surface area contributed by atoms with E-state index in [-0.39, 0.29) is 45.2 Å². The Kier molecular flexibility index (Phi) is 33.6. The van der Waals surface area contributed by atoms with Crippen LogP contribution >= 0.6 is 0 Å². The molecule has 1 rings (SSSR count). The number of carboxylic acids is 1. The third kappa shape index (κ3) is 29.1. The molecule has 0 aliphatic rings. The van der Waals surface area contributed by atoms with Gasteiger partial charge in [-0.3, -0.25) is 14.4 Å². The second-order valence-corrected chi connectivity index (χ2v) is 11.5. The predicted molar refractivity (Wildman–Crippen MR) is 190 cm³/mol. The van der Waals surface area contributed by atoms with Gasteiger partial charge in [0.15, 0.2) is 0 Å². The van der Waals surface area contributed by atoms with Crippen molar-refractivity contribution in [1.82, 2.24) is 5.32 Å². The maximum absolute atomic E-state index is 13.6. The number of nitrogens with one attached hydrogen (secondary N) is 1. The Bertz CT molecular complexity index is 1210. The third-order valence-electron chi connectivity index (χ3n) is 6.91. The smallest absolute Gasteiger partial charge is 0.313 e. The van der Waals surface area contributed by atoms with Crippen LogP contribution in [0.25, 0.3) is 0 Å². The molecule has 0 saturated heterocycles. The van der Waals surface area contributed by atoms with E-state index in [1.54, 1.807) is 0 Å². The standard InChI is InChI=1S/C36H56F5NO16/c37-31-32(38)34(40)36(35(41)33(31)39)58-30(46)4-7-48-9-11-50-13-15-52-17-19-54-21-23-56-25-27-57-26-24-55-22-20-53-18-16-51-14-12-49-10-8-47-6-1-5-42-28(43)2-3-29(44)45/h1-27H2,(H,42,43)(H,44,45). The van der Waals surface area contributed by atoms with E-state index in [2.05, 4.69) is 10.1 Å². The van der Waals surface area contributed by atoms with Crippen LogP contribution in [-0.2, 0) is 66.5 Å². The first-order chi connectivity index (χ1) is 28.1. The molecule has 0 aliphatic heterocycles. The van der Waals surface area contributed by atoms with E-state index in [1.165, 1.54) is 0 Å². The van der Waals surface area contributed by atoms with Crippen molar-refractivity contribution in [2.45, 2.75) is 25.7 Å². The topological polar surface area (TPSA) is 194 Å². The fourth-order valence-electron chi connectivity index (χ4n) is 4.01. The van der Waals surface area contributed by atoms with E-state index in [0.29, 0.717) is 132 Å². The minimum Gasteiger partial charge on any atom is -0.481 e. The van der Waals surface area contributed by atoms with E-state index < -0.39 is 53.2 Å². The molecule has 0 atom stereocenters. The maximum atomic E-state index is 13.6. The minimum absolute atomic E-state index is 0.0299. The number of esters is 1. The van der Waals surface area contributed by atoms with Crippen LogP contribution in [0, 0.1) is 29.1 Å². The van der Waals surface area contributed by atoms with Gasteiger partial charge in [0.1, 0.15) is 0 Å². The van der Waals surface area contributed by atoms with E-state index in [4.69, 9.17) is 57.2 Å². The van der Waals surface area contributed by atoms with E-state index in [9.17, 15) is 36.3 Å². The van der Waals surface area contributed by atoms with Gasteiger partial charge in [0, 0.05) is 19.6 Å². The lowest BCUT2D eigenvalue weighted by Crippen LogP contribution is -2.25. The van der Waals surface area contributed by atoms with Gasteiger partial charge in [-0.2, -0.15) is 8.78 Å². The van der Waals surface area contributed by atoms with Crippen LogP contribution in [0.5, 0.6) is 5.75 Å². The number of carbonyl (C=O) groups is 3. The van der Waals surface area contributed by atoms with Crippen LogP contribution in [0.4, 0.5) is 22.0 Å². The van der Waals surface area contributed by atoms with Crippen molar-refractivity contribution in [2.75, 3.05) is 152 Å². The summed E-state index contributed by atoms with van der Waals surface area (Å²) in [6.07, 6.45) is -0.0808. The lowest BCUT2D eigenvalue weighted by Gasteiger charge is -2.09. The first-order valence-electron chi connectivity index (χ1n) is 18.7. The Hall–Kier alpha value is -3.16. The molecule has 22 heteroatoms. The Morgan fingerprint density at radius 2 is 0.690 bits per heavy atom. The van der Waals surface area contributed by atoms with Gasteiger partial charge in [-0.15, -0.1) is 0 Å². The molecule has 0 fully saturated rings. The number of hydrogen-bond donors (Lipinski definition) is 2. The molecule has 0 bridgehead atoms. The van der Waals surface area contributed by atoms with Crippen LogP contribution in [0.15, 0.2) is 0 Å². The van der Waals surface area contributed by atoms with Crippen LogP contribution in [0.3, 0.4) is 0 Å². The number of amides is 1. The monoisotopic (exact) mass is 853 g/mol. The number of carbonyl (C=O) groups excluding carboxylic acids is 2. The first-order valence-corrected chi connectivity index (χ1v) is 18.7. The summed E-state index contributed by atoms with van der Waals surface area (Å²) in [6, 6.07) is 0. The summed E-state index contributed by atoms with van der Waals surface area (Å²) < 4.78 is 130. The maximum Gasteiger partial charge on any atom is 0.313 e. The van der Waals surface area contributed by atoms with E-state index in [0.717, 1.165) is 0 Å². The van der Waals surface area contributed by atoms with Gasteiger partial charge in [-0.05, 0) is 6.42 Å². The molecule has 0 spiro atoms. The van der Waals surface area contributed by atoms with Gasteiger partial charge < -0.3 is 67.3 Å². The Labute approximate surface area is 333 Å². The number of carboxylic acid groups (broad SMARTS) is 1. The number of hydrogen-bond acceptors (Lipinski definition) is 15. The third-order valence-corrected chi connectivity index (χ3v) is 6.91. The average Bonchev–Trinajstić information content (AvgIpc) is 3.21. The van der Waals surface area contributed by atoms with Crippen molar-refractivity contribution in [1.29, 1.82) is 0 Å². The van der Waals surface area contributed by atoms with Gasteiger partial charge in [0.05, 0.1) is 152 Å². The number of aliphatic carboxylic acids is 1. The highest BCUT2D eigenvalue weighted by Crippen LogP contribution is 2.29. The summed E-state index contributed by atoms with van der Waals surface area (Å²) in [5.41, 5.74) is 0. The van der Waals surface area contributed by atoms with Crippen molar-refractivity contribution in [3.05, 3.63) is 29.1 Å². The molecular weight excluding hydrogens is 797 g/mol. The molecule has 0 aliphatic carbocycles. The van der Waals surface area contributed by atoms with Crippen LogP contribution in [-0.4, -0.2) is 175 Å². The van der Waals surface area contributed by atoms with Crippen LogP contribution in [0.1, 0.15) is 25.7 Å².